The van der Waals surface area contributed by atoms with E-state index in [1.807, 2.05) is 12.1 Å². The van der Waals surface area contributed by atoms with E-state index < -0.39 is 11.9 Å². The van der Waals surface area contributed by atoms with Crippen LogP contribution < -0.4 is 4.74 Å². The minimum absolute atomic E-state index is 0.409. The van der Waals surface area contributed by atoms with E-state index in [4.69, 9.17) is 4.74 Å². The lowest BCUT2D eigenvalue weighted by Gasteiger charge is -2.11. The number of benzene rings is 1. The lowest BCUT2D eigenvalue weighted by Crippen LogP contribution is -2.02. The molecule has 92 valence electrons. The summed E-state index contributed by atoms with van der Waals surface area (Å²) >= 11 is 0. The number of aromatic nitrogens is 1. The Kier molecular flexibility index (Phi) is 2.72. The molecule has 1 atom stereocenters. The van der Waals surface area contributed by atoms with Crippen molar-refractivity contribution in [3.8, 4) is 5.75 Å². The quantitative estimate of drug-likeness (QED) is 0.882. The van der Waals surface area contributed by atoms with Crippen molar-refractivity contribution >= 4 is 0 Å². The van der Waals surface area contributed by atoms with Crippen molar-refractivity contribution in [1.29, 1.82) is 0 Å². The van der Waals surface area contributed by atoms with Crippen molar-refractivity contribution in [3.63, 3.8) is 0 Å². The Morgan fingerprint density at radius 2 is 2.17 bits per heavy atom. The molecule has 0 saturated heterocycles. The average molecular weight is 245 g/mol. The largest absolute Gasteiger partial charge is 0.493 e. The van der Waals surface area contributed by atoms with Gasteiger partial charge in [0.15, 0.2) is 0 Å². The average Bonchev–Trinajstić information content (AvgIpc) is 2.86. The summed E-state index contributed by atoms with van der Waals surface area (Å²) in [7, 11) is 0. The molecule has 18 heavy (non-hydrogen) atoms. The van der Waals surface area contributed by atoms with E-state index in [-0.39, 0.29) is 0 Å². The number of hydrogen-bond donors (Lipinski definition) is 1. The summed E-state index contributed by atoms with van der Waals surface area (Å²) in [6.07, 6.45) is 1.12. The van der Waals surface area contributed by atoms with Crippen LogP contribution in [0.2, 0.25) is 0 Å². The molecule has 3 nitrogen and oxygen atoms in total. The van der Waals surface area contributed by atoms with Crippen LogP contribution in [-0.2, 0) is 6.42 Å². The molecule has 0 bridgehead atoms. The number of nitrogens with zero attached hydrogens (tertiary/aromatic N) is 1. The van der Waals surface area contributed by atoms with Gasteiger partial charge >= 0.3 is 0 Å². The lowest BCUT2D eigenvalue weighted by molar-refractivity contribution is 0.215. The molecule has 1 unspecified atom stereocenters. The second-order valence-corrected chi connectivity index (χ2v) is 4.27. The zero-order valence-electron chi connectivity index (χ0n) is 9.64. The van der Waals surface area contributed by atoms with Crippen molar-refractivity contribution in [2.75, 3.05) is 6.61 Å². The fourth-order valence-electron chi connectivity index (χ4n) is 2.10. The molecule has 0 spiro atoms. The number of ether oxygens (including phenoxy) is 1. The minimum Gasteiger partial charge on any atom is -0.493 e. The molecule has 1 aliphatic heterocycles. The molecule has 1 aromatic carbocycles. The van der Waals surface area contributed by atoms with E-state index in [9.17, 15) is 9.50 Å². The van der Waals surface area contributed by atoms with Gasteiger partial charge in [-0.15, -0.1) is 0 Å². The number of fused-ring (bicyclic) bond motifs is 1. The normalized spacial score (nSPS) is 15.0. The first-order valence-electron chi connectivity index (χ1n) is 5.79. The number of rotatable bonds is 2. The van der Waals surface area contributed by atoms with Gasteiger partial charge in [0, 0.05) is 6.42 Å². The summed E-state index contributed by atoms with van der Waals surface area (Å²) in [5, 5.41) is 10.2. The zero-order valence-corrected chi connectivity index (χ0v) is 9.64. The Morgan fingerprint density at radius 3 is 2.94 bits per heavy atom. The third-order valence-electron chi connectivity index (χ3n) is 3.06. The molecule has 0 saturated carbocycles. The Bertz CT molecular complexity index is 569. The number of aliphatic hydroxyl groups excluding tert-OH is 1. The van der Waals surface area contributed by atoms with E-state index in [2.05, 4.69) is 4.98 Å². The maximum absolute atomic E-state index is 12.8. The molecular weight excluding hydrogens is 233 g/mol. The highest BCUT2D eigenvalue weighted by molar-refractivity contribution is 5.41. The molecule has 1 aromatic heterocycles. The molecule has 3 rings (SSSR count). The maximum Gasteiger partial charge on any atom is 0.141 e. The predicted octanol–water partition coefficient (Wildman–Crippen LogP) is 2.24. The predicted molar refractivity (Wildman–Crippen MR) is 63.9 cm³/mol. The van der Waals surface area contributed by atoms with Crippen molar-refractivity contribution in [2.45, 2.75) is 12.5 Å². The van der Waals surface area contributed by atoms with Crippen LogP contribution in [0, 0.1) is 5.82 Å². The highest BCUT2D eigenvalue weighted by atomic mass is 19.1. The van der Waals surface area contributed by atoms with Gasteiger partial charge in [0.25, 0.3) is 0 Å². The molecule has 0 radical (unpaired) electrons. The fourth-order valence-corrected chi connectivity index (χ4v) is 2.10. The molecule has 2 aromatic rings. The van der Waals surface area contributed by atoms with Crippen molar-refractivity contribution in [3.05, 3.63) is 59.2 Å². The molecule has 1 aliphatic rings. The number of hydrogen-bond acceptors (Lipinski definition) is 3. The first kappa shape index (κ1) is 11.2. The third kappa shape index (κ3) is 1.95. The Balaban J connectivity index is 1.92. The number of aliphatic hydroxyl groups is 1. The van der Waals surface area contributed by atoms with Crippen LogP contribution in [0.5, 0.6) is 5.75 Å². The Hall–Kier alpha value is -1.94. The van der Waals surface area contributed by atoms with Crippen LogP contribution in [0.4, 0.5) is 4.39 Å². The van der Waals surface area contributed by atoms with Gasteiger partial charge in [-0.2, -0.15) is 0 Å². The van der Waals surface area contributed by atoms with Crippen LogP contribution in [0.3, 0.4) is 0 Å². The van der Waals surface area contributed by atoms with Crippen molar-refractivity contribution in [2.24, 2.45) is 0 Å². The van der Waals surface area contributed by atoms with Gasteiger partial charge in [-0.05, 0) is 35.4 Å². The van der Waals surface area contributed by atoms with Gasteiger partial charge in [-0.3, -0.25) is 4.98 Å². The maximum atomic E-state index is 12.8. The highest BCUT2D eigenvalue weighted by Crippen LogP contribution is 2.29. The standard InChI is InChI=1S/C14H12FNO2/c15-11-2-3-12(16-8-11)14(17)10-1-4-13-9(7-10)5-6-18-13/h1-4,7-8,14,17H,5-6H2. The fraction of sp³-hybridized carbons (Fsp3) is 0.214. The summed E-state index contributed by atoms with van der Waals surface area (Å²) in [6.45, 7) is 0.684. The van der Waals surface area contributed by atoms with Crippen molar-refractivity contribution in [1.82, 2.24) is 4.98 Å². The lowest BCUT2D eigenvalue weighted by atomic mass is 10.0. The monoisotopic (exact) mass is 245 g/mol. The van der Waals surface area contributed by atoms with Crippen LogP contribution in [0.1, 0.15) is 22.9 Å². The smallest absolute Gasteiger partial charge is 0.141 e. The Labute approximate surface area is 104 Å². The molecule has 4 heteroatoms. The summed E-state index contributed by atoms with van der Waals surface area (Å²) in [4.78, 5) is 3.89. The van der Waals surface area contributed by atoms with E-state index in [0.29, 0.717) is 12.3 Å². The van der Waals surface area contributed by atoms with E-state index >= 15 is 0 Å². The summed E-state index contributed by atoms with van der Waals surface area (Å²) < 4.78 is 18.2. The van der Waals surface area contributed by atoms with Crippen LogP contribution >= 0.6 is 0 Å². The van der Waals surface area contributed by atoms with Gasteiger partial charge in [-0.25, -0.2) is 4.39 Å². The van der Waals surface area contributed by atoms with Gasteiger partial charge in [-0.1, -0.05) is 6.07 Å². The second-order valence-electron chi connectivity index (χ2n) is 4.27. The molecular formula is C14H12FNO2. The van der Waals surface area contributed by atoms with E-state index in [1.54, 1.807) is 6.07 Å². The van der Waals surface area contributed by atoms with Gasteiger partial charge < -0.3 is 9.84 Å². The molecule has 0 fully saturated rings. The summed E-state index contributed by atoms with van der Waals surface area (Å²) in [6, 6.07) is 8.36. The van der Waals surface area contributed by atoms with Crippen LogP contribution in [0.25, 0.3) is 0 Å². The van der Waals surface area contributed by atoms with Gasteiger partial charge in [0.1, 0.15) is 17.7 Å². The first-order chi connectivity index (χ1) is 8.74. The third-order valence-corrected chi connectivity index (χ3v) is 3.06. The minimum atomic E-state index is -0.837. The molecule has 0 aliphatic carbocycles. The van der Waals surface area contributed by atoms with Crippen LogP contribution in [-0.4, -0.2) is 16.7 Å². The molecule has 2 heterocycles. The Morgan fingerprint density at radius 1 is 1.28 bits per heavy atom. The zero-order chi connectivity index (χ0) is 12.5. The number of halogens is 1. The summed E-state index contributed by atoms with van der Waals surface area (Å²) in [5.41, 5.74) is 2.28. The van der Waals surface area contributed by atoms with Gasteiger partial charge in [0.05, 0.1) is 18.5 Å². The number of pyridine rings is 1. The van der Waals surface area contributed by atoms with E-state index in [0.717, 1.165) is 29.5 Å². The van der Waals surface area contributed by atoms with Crippen LogP contribution in [0.15, 0.2) is 36.5 Å². The molecule has 1 N–H and O–H groups in total. The van der Waals surface area contributed by atoms with Crippen molar-refractivity contribution < 1.29 is 14.2 Å². The first-order valence-corrected chi connectivity index (χ1v) is 5.79. The topological polar surface area (TPSA) is 42.4 Å². The second kappa shape index (κ2) is 4.38. The highest BCUT2D eigenvalue weighted by Gasteiger charge is 2.17. The van der Waals surface area contributed by atoms with E-state index in [1.165, 1.54) is 12.1 Å². The molecule has 0 amide bonds. The summed E-state index contributed by atoms with van der Waals surface area (Å²) in [5.74, 6) is 0.464. The SMILES string of the molecule is OC(c1ccc2c(c1)CCO2)c1ccc(F)cn1. The van der Waals surface area contributed by atoms with Gasteiger partial charge in [0.2, 0.25) is 0 Å².